The van der Waals surface area contributed by atoms with Crippen LogP contribution in [0.5, 0.6) is 5.75 Å². The molecule has 0 bridgehead atoms. The van der Waals surface area contributed by atoms with Crippen molar-refractivity contribution in [3.8, 4) is 17.1 Å². The fourth-order valence-electron chi connectivity index (χ4n) is 4.53. The second kappa shape index (κ2) is 8.16. The van der Waals surface area contributed by atoms with Crippen LogP contribution in [0.1, 0.15) is 36.8 Å². The molecule has 34 heavy (non-hydrogen) atoms. The van der Waals surface area contributed by atoms with E-state index in [2.05, 4.69) is 35.3 Å². The van der Waals surface area contributed by atoms with E-state index in [1.54, 1.807) is 16.8 Å². The van der Waals surface area contributed by atoms with Gasteiger partial charge in [-0.2, -0.15) is 5.10 Å². The summed E-state index contributed by atoms with van der Waals surface area (Å²) < 4.78 is 14.9. The van der Waals surface area contributed by atoms with Crippen LogP contribution in [0.25, 0.3) is 22.4 Å². The first-order valence-electron chi connectivity index (χ1n) is 11.3. The smallest absolute Gasteiger partial charge is 0.337 e. The standard InChI is InChI=1S/C25H28N6O3/c1-6-31-23-21(34-15-25(31,2)3)12-17(13-26-23)22-27-19-11-16(24(32)33-5)7-8-20(19)30(22)14-18-9-10-29(4)28-18/h7-13H,6,14-15H2,1-5H3. The number of anilines is 1. The Morgan fingerprint density at radius 3 is 2.76 bits per heavy atom. The Morgan fingerprint density at radius 2 is 2.06 bits per heavy atom. The summed E-state index contributed by atoms with van der Waals surface area (Å²) in [6, 6.07) is 9.38. The largest absolute Gasteiger partial charge is 0.487 e. The molecule has 9 heteroatoms. The summed E-state index contributed by atoms with van der Waals surface area (Å²) in [6.45, 7) is 8.37. The number of aryl methyl sites for hydroxylation is 1. The summed E-state index contributed by atoms with van der Waals surface area (Å²) in [5.74, 6) is 1.91. The van der Waals surface area contributed by atoms with Gasteiger partial charge in [-0.3, -0.25) is 4.68 Å². The molecule has 5 rings (SSSR count). The van der Waals surface area contributed by atoms with Gasteiger partial charge < -0.3 is 18.9 Å². The van der Waals surface area contributed by atoms with E-state index >= 15 is 0 Å². The predicted molar refractivity (Wildman–Crippen MR) is 129 cm³/mol. The number of ether oxygens (including phenoxy) is 2. The summed E-state index contributed by atoms with van der Waals surface area (Å²) in [5, 5.41) is 4.54. The van der Waals surface area contributed by atoms with Crippen LogP contribution in [0.2, 0.25) is 0 Å². The van der Waals surface area contributed by atoms with Crippen LogP contribution < -0.4 is 9.64 Å². The van der Waals surface area contributed by atoms with Crippen molar-refractivity contribution >= 4 is 22.8 Å². The van der Waals surface area contributed by atoms with Gasteiger partial charge in [-0.05, 0) is 51.1 Å². The summed E-state index contributed by atoms with van der Waals surface area (Å²) in [6.07, 6.45) is 3.75. The van der Waals surface area contributed by atoms with E-state index in [9.17, 15) is 4.79 Å². The lowest BCUT2D eigenvalue weighted by Crippen LogP contribution is -2.51. The highest BCUT2D eigenvalue weighted by molar-refractivity contribution is 5.94. The Kier molecular flexibility index (Phi) is 5.27. The quantitative estimate of drug-likeness (QED) is 0.420. The maximum atomic E-state index is 12.1. The second-order valence-corrected chi connectivity index (χ2v) is 9.09. The number of methoxy groups -OCH3 is 1. The second-order valence-electron chi connectivity index (χ2n) is 9.09. The number of benzene rings is 1. The average Bonchev–Trinajstić information content (AvgIpc) is 3.40. The first kappa shape index (κ1) is 21.9. The lowest BCUT2D eigenvalue weighted by atomic mass is 10.0. The van der Waals surface area contributed by atoms with Gasteiger partial charge >= 0.3 is 5.97 Å². The first-order chi connectivity index (χ1) is 16.3. The minimum atomic E-state index is -0.395. The van der Waals surface area contributed by atoms with E-state index in [-0.39, 0.29) is 5.54 Å². The molecule has 0 aliphatic carbocycles. The maximum absolute atomic E-state index is 12.1. The van der Waals surface area contributed by atoms with Crippen LogP contribution in [0.3, 0.4) is 0 Å². The van der Waals surface area contributed by atoms with E-state index in [1.807, 2.05) is 37.6 Å². The highest BCUT2D eigenvalue weighted by atomic mass is 16.5. The highest BCUT2D eigenvalue weighted by Gasteiger charge is 2.34. The van der Waals surface area contributed by atoms with E-state index in [4.69, 9.17) is 19.4 Å². The zero-order chi connectivity index (χ0) is 24.0. The molecular formula is C25H28N6O3. The van der Waals surface area contributed by atoms with Crippen molar-refractivity contribution in [2.24, 2.45) is 7.05 Å². The third kappa shape index (κ3) is 3.67. The molecule has 4 aromatic rings. The van der Waals surface area contributed by atoms with Crippen molar-refractivity contribution in [1.82, 2.24) is 24.3 Å². The van der Waals surface area contributed by atoms with Crippen molar-refractivity contribution in [3.63, 3.8) is 0 Å². The number of rotatable bonds is 5. The molecule has 0 amide bonds. The summed E-state index contributed by atoms with van der Waals surface area (Å²) in [4.78, 5) is 24.0. The third-order valence-electron chi connectivity index (χ3n) is 6.23. The molecule has 0 unspecified atom stereocenters. The molecule has 0 N–H and O–H groups in total. The number of pyridine rings is 1. The van der Waals surface area contributed by atoms with Gasteiger partial charge in [0.25, 0.3) is 0 Å². The molecule has 3 aromatic heterocycles. The van der Waals surface area contributed by atoms with Crippen molar-refractivity contribution in [2.75, 3.05) is 25.2 Å². The number of esters is 1. The van der Waals surface area contributed by atoms with E-state index in [0.29, 0.717) is 24.2 Å². The van der Waals surface area contributed by atoms with Crippen LogP contribution in [0.15, 0.2) is 42.7 Å². The summed E-state index contributed by atoms with van der Waals surface area (Å²) in [5.41, 5.74) is 3.65. The van der Waals surface area contributed by atoms with Crippen molar-refractivity contribution in [1.29, 1.82) is 0 Å². The molecule has 1 aliphatic rings. The fraction of sp³-hybridized carbons (Fsp3) is 0.360. The van der Waals surface area contributed by atoms with Crippen molar-refractivity contribution in [2.45, 2.75) is 32.9 Å². The number of carbonyl (C=O) groups excluding carboxylic acids is 1. The molecule has 0 saturated heterocycles. The minimum absolute atomic E-state index is 0.132. The molecular weight excluding hydrogens is 432 g/mol. The Balaban J connectivity index is 1.64. The van der Waals surface area contributed by atoms with Crippen molar-refractivity contribution in [3.05, 3.63) is 54.0 Å². The van der Waals surface area contributed by atoms with Crippen LogP contribution >= 0.6 is 0 Å². The van der Waals surface area contributed by atoms with Crippen LogP contribution in [-0.2, 0) is 18.3 Å². The van der Waals surface area contributed by atoms with Gasteiger partial charge in [-0.1, -0.05) is 0 Å². The minimum Gasteiger partial charge on any atom is -0.487 e. The molecule has 0 radical (unpaired) electrons. The normalized spacial score (nSPS) is 14.7. The monoisotopic (exact) mass is 460 g/mol. The van der Waals surface area contributed by atoms with Gasteiger partial charge in [0.15, 0.2) is 11.6 Å². The van der Waals surface area contributed by atoms with E-state index in [0.717, 1.165) is 40.7 Å². The molecule has 1 aromatic carbocycles. The fourth-order valence-corrected chi connectivity index (χ4v) is 4.53. The highest BCUT2D eigenvalue weighted by Crippen LogP contribution is 2.39. The molecule has 0 atom stereocenters. The summed E-state index contributed by atoms with van der Waals surface area (Å²) in [7, 11) is 3.27. The van der Waals surface area contributed by atoms with Gasteiger partial charge in [0.1, 0.15) is 12.4 Å². The Bertz CT molecular complexity index is 1390. The molecule has 4 heterocycles. The topological polar surface area (TPSA) is 87.3 Å². The molecule has 0 spiro atoms. The van der Waals surface area contributed by atoms with E-state index in [1.165, 1.54) is 7.11 Å². The Morgan fingerprint density at radius 1 is 1.24 bits per heavy atom. The van der Waals surface area contributed by atoms with Crippen molar-refractivity contribution < 1.29 is 14.3 Å². The van der Waals surface area contributed by atoms with Crippen LogP contribution in [0.4, 0.5) is 5.82 Å². The molecule has 0 saturated carbocycles. The third-order valence-corrected chi connectivity index (χ3v) is 6.23. The number of aromatic nitrogens is 5. The SMILES string of the molecule is CCN1c2ncc(-c3nc4cc(C(=O)OC)ccc4n3Cc3ccn(C)n3)cc2OCC1(C)C. The van der Waals surface area contributed by atoms with Gasteiger partial charge in [-0.15, -0.1) is 0 Å². The zero-order valence-corrected chi connectivity index (χ0v) is 20.1. The molecule has 1 aliphatic heterocycles. The number of fused-ring (bicyclic) bond motifs is 2. The van der Waals surface area contributed by atoms with Gasteiger partial charge in [0.05, 0.1) is 41.5 Å². The van der Waals surface area contributed by atoms with Gasteiger partial charge in [-0.25, -0.2) is 14.8 Å². The Hall–Kier alpha value is -3.88. The average molecular weight is 461 g/mol. The molecule has 9 nitrogen and oxygen atoms in total. The van der Waals surface area contributed by atoms with Gasteiger partial charge in [0, 0.05) is 31.5 Å². The first-order valence-corrected chi connectivity index (χ1v) is 11.3. The number of hydrogen-bond donors (Lipinski definition) is 0. The molecule has 176 valence electrons. The lowest BCUT2D eigenvalue weighted by Gasteiger charge is -2.43. The number of nitrogens with zero attached hydrogens (tertiary/aromatic N) is 6. The van der Waals surface area contributed by atoms with Gasteiger partial charge in [0.2, 0.25) is 0 Å². The van der Waals surface area contributed by atoms with Crippen LogP contribution in [-0.4, -0.2) is 56.1 Å². The Labute approximate surface area is 197 Å². The number of carbonyl (C=O) groups is 1. The lowest BCUT2D eigenvalue weighted by molar-refractivity contribution is 0.0601. The summed E-state index contributed by atoms with van der Waals surface area (Å²) >= 11 is 0. The number of imidazole rings is 1. The van der Waals surface area contributed by atoms with Crippen LogP contribution in [0, 0.1) is 0 Å². The zero-order valence-electron chi connectivity index (χ0n) is 20.1. The van der Waals surface area contributed by atoms with E-state index < -0.39 is 5.97 Å². The molecule has 0 fully saturated rings. The number of likely N-dealkylation sites (N-methyl/N-ethyl adjacent to an activating group) is 1. The maximum Gasteiger partial charge on any atom is 0.337 e. The number of hydrogen-bond acceptors (Lipinski definition) is 7. The predicted octanol–water partition coefficient (Wildman–Crippen LogP) is 3.66.